The number of aromatic nitrogens is 3. The van der Waals surface area contributed by atoms with Crippen LogP contribution in [0.15, 0.2) is 57.5 Å². The van der Waals surface area contributed by atoms with Gasteiger partial charge in [0.25, 0.3) is 5.56 Å². The van der Waals surface area contributed by atoms with Gasteiger partial charge in [-0.3, -0.25) is 4.79 Å². The quantitative estimate of drug-likeness (QED) is 0.311. The Morgan fingerprint density at radius 1 is 1.03 bits per heavy atom. The molecule has 9 nitrogen and oxygen atoms in total. The lowest BCUT2D eigenvalue weighted by molar-refractivity contribution is 0.355. The number of rotatable bonds is 8. The number of H-pyrrole nitrogens is 1. The van der Waals surface area contributed by atoms with E-state index in [0.29, 0.717) is 44.6 Å². The number of sulfonamides is 1. The van der Waals surface area contributed by atoms with E-state index in [9.17, 15) is 13.2 Å². The van der Waals surface area contributed by atoms with Crippen molar-refractivity contribution in [2.45, 2.75) is 24.9 Å². The van der Waals surface area contributed by atoms with E-state index in [1.165, 1.54) is 29.9 Å². The van der Waals surface area contributed by atoms with Gasteiger partial charge in [-0.25, -0.2) is 8.42 Å². The van der Waals surface area contributed by atoms with Crippen molar-refractivity contribution in [1.29, 1.82) is 0 Å². The third-order valence-corrected chi connectivity index (χ3v) is 9.23. The van der Waals surface area contributed by atoms with Crippen molar-refractivity contribution in [3.05, 3.63) is 74.2 Å². The molecule has 0 unspecified atom stereocenters. The van der Waals surface area contributed by atoms with E-state index in [1.807, 2.05) is 17.5 Å². The van der Waals surface area contributed by atoms with E-state index < -0.39 is 10.0 Å². The number of fused-ring (bicyclic) bond motifs is 2. The summed E-state index contributed by atoms with van der Waals surface area (Å²) in [5, 5.41) is 2.58. The lowest BCUT2D eigenvalue weighted by Crippen LogP contribution is -2.33. The fraction of sp³-hybridized carbons (Fsp3) is 0.208. The van der Waals surface area contributed by atoms with Gasteiger partial charge in [0.1, 0.15) is 15.9 Å². The van der Waals surface area contributed by atoms with E-state index in [-0.39, 0.29) is 23.5 Å². The van der Waals surface area contributed by atoms with Crippen molar-refractivity contribution in [3.8, 4) is 11.5 Å². The average Bonchev–Trinajstić information content (AvgIpc) is 3.55. The lowest BCUT2D eigenvalue weighted by Gasteiger charge is -2.23. The molecule has 36 heavy (non-hydrogen) atoms. The summed E-state index contributed by atoms with van der Waals surface area (Å²) >= 11 is 2.42. The Kier molecular flexibility index (Phi) is 6.51. The average molecular weight is 543 g/mol. The Balaban J connectivity index is 1.63. The van der Waals surface area contributed by atoms with E-state index in [1.54, 1.807) is 37.3 Å². The summed E-state index contributed by atoms with van der Waals surface area (Å²) in [6.45, 7) is 1.71. The number of nitrogens with zero attached hydrogens (tertiary/aromatic N) is 3. The third kappa shape index (κ3) is 4.37. The van der Waals surface area contributed by atoms with Crippen LogP contribution in [0.4, 0.5) is 0 Å². The summed E-state index contributed by atoms with van der Waals surface area (Å²) in [5.41, 5.74) is 1.89. The number of aromatic amines is 1. The second-order valence-electron chi connectivity index (χ2n) is 8.11. The number of aryl methyl sites for hydroxylation is 1. The lowest BCUT2D eigenvalue weighted by atomic mass is 10.1. The minimum atomic E-state index is -4.05. The summed E-state index contributed by atoms with van der Waals surface area (Å²) in [7, 11) is -1.00. The number of hydrogen-bond acceptors (Lipinski definition) is 9. The normalized spacial score (nSPS) is 12.0. The topological polar surface area (TPSA) is 114 Å². The molecular formula is C24H22N4O5S3. The number of nitrogens with one attached hydrogen (secondary N) is 1. The van der Waals surface area contributed by atoms with Crippen molar-refractivity contribution in [3.63, 3.8) is 0 Å². The highest BCUT2D eigenvalue weighted by molar-refractivity contribution is 7.89. The second-order valence-corrected chi connectivity index (χ2v) is 11.5. The Bertz CT molecular complexity index is 1730. The highest BCUT2D eigenvalue weighted by Crippen LogP contribution is 2.33. The van der Waals surface area contributed by atoms with Crippen LogP contribution in [0.25, 0.3) is 21.9 Å². The van der Waals surface area contributed by atoms with E-state index in [4.69, 9.17) is 9.47 Å². The van der Waals surface area contributed by atoms with Crippen LogP contribution < -0.4 is 15.0 Å². The fourth-order valence-electron chi connectivity index (χ4n) is 4.07. The molecule has 0 spiro atoms. The molecule has 0 saturated carbocycles. The molecule has 0 bridgehead atoms. The zero-order valence-corrected chi connectivity index (χ0v) is 22.1. The second kappa shape index (κ2) is 9.62. The summed E-state index contributed by atoms with van der Waals surface area (Å²) in [6, 6.07) is 12.3. The molecule has 12 heteroatoms. The van der Waals surface area contributed by atoms with Crippen molar-refractivity contribution >= 4 is 55.0 Å². The van der Waals surface area contributed by atoms with Gasteiger partial charge in [0.05, 0.1) is 31.5 Å². The first kappa shape index (κ1) is 24.4. The van der Waals surface area contributed by atoms with Gasteiger partial charge in [0.2, 0.25) is 10.0 Å². The SMILES string of the molecule is COc1cc2cc(CN(Cc3cccs3)S(=O)(=O)c3c(C)ccc4nsnc34)c(=O)[nH]c2cc1OC. The van der Waals surface area contributed by atoms with Gasteiger partial charge < -0.3 is 14.5 Å². The Morgan fingerprint density at radius 2 is 1.81 bits per heavy atom. The summed E-state index contributed by atoms with van der Waals surface area (Å²) in [6.07, 6.45) is 0. The molecule has 1 N–H and O–H groups in total. The van der Waals surface area contributed by atoms with Gasteiger partial charge in [0.15, 0.2) is 11.5 Å². The molecule has 0 atom stereocenters. The maximum atomic E-state index is 14.1. The van der Waals surface area contributed by atoms with Gasteiger partial charge in [-0.15, -0.1) is 11.3 Å². The minimum absolute atomic E-state index is 0.105. The highest BCUT2D eigenvalue weighted by atomic mass is 32.2. The number of ether oxygens (including phenoxy) is 2. The molecule has 0 amide bonds. The standard InChI is InChI=1S/C24H22N4O5S3/c1-14-6-7-18-22(27-35-26-18)23(14)36(30,31)28(13-17-5-4-8-34-17)12-16-9-15-10-20(32-2)21(33-3)11-19(15)25-24(16)29/h4-11H,12-13H2,1-3H3,(H,25,29). The van der Waals surface area contributed by atoms with Crippen molar-refractivity contribution in [1.82, 2.24) is 18.0 Å². The molecule has 2 aromatic carbocycles. The molecular weight excluding hydrogens is 520 g/mol. The maximum Gasteiger partial charge on any atom is 0.252 e. The number of hydrogen-bond donors (Lipinski definition) is 1. The fourth-order valence-corrected chi connectivity index (χ4v) is 7.22. The molecule has 0 radical (unpaired) electrons. The van der Waals surface area contributed by atoms with Crippen LogP contribution in [-0.2, 0) is 23.1 Å². The van der Waals surface area contributed by atoms with Gasteiger partial charge in [-0.1, -0.05) is 12.1 Å². The third-order valence-electron chi connectivity index (χ3n) is 5.86. The van der Waals surface area contributed by atoms with Crippen LogP contribution in [-0.4, -0.2) is 40.7 Å². The molecule has 0 aliphatic carbocycles. The minimum Gasteiger partial charge on any atom is -0.493 e. The van der Waals surface area contributed by atoms with Crippen molar-refractivity contribution in [2.75, 3.05) is 14.2 Å². The van der Waals surface area contributed by atoms with E-state index in [2.05, 4.69) is 13.7 Å². The van der Waals surface area contributed by atoms with Crippen LogP contribution in [0.5, 0.6) is 11.5 Å². The monoisotopic (exact) mass is 542 g/mol. The molecule has 5 aromatic rings. The highest BCUT2D eigenvalue weighted by Gasteiger charge is 2.31. The van der Waals surface area contributed by atoms with Crippen molar-refractivity contribution < 1.29 is 17.9 Å². The Morgan fingerprint density at radius 3 is 2.53 bits per heavy atom. The Hall–Kier alpha value is -3.32. The molecule has 5 rings (SSSR count). The van der Waals surface area contributed by atoms with Gasteiger partial charge >= 0.3 is 0 Å². The van der Waals surface area contributed by atoms with E-state index >= 15 is 0 Å². The molecule has 3 heterocycles. The summed E-state index contributed by atoms with van der Waals surface area (Å²) in [4.78, 5) is 16.9. The smallest absolute Gasteiger partial charge is 0.252 e. The predicted molar refractivity (Wildman–Crippen MR) is 141 cm³/mol. The number of thiophene rings is 1. The largest absolute Gasteiger partial charge is 0.493 e. The molecule has 3 aromatic heterocycles. The van der Waals surface area contributed by atoms with Gasteiger partial charge in [-0.2, -0.15) is 13.1 Å². The van der Waals surface area contributed by atoms with Crippen LogP contribution >= 0.6 is 23.1 Å². The van der Waals surface area contributed by atoms with E-state index in [0.717, 1.165) is 16.6 Å². The number of methoxy groups -OCH3 is 2. The summed E-state index contributed by atoms with van der Waals surface area (Å²) < 4.78 is 48.6. The first-order valence-electron chi connectivity index (χ1n) is 10.8. The molecule has 0 aliphatic heterocycles. The van der Waals surface area contributed by atoms with Crippen LogP contribution in [0.3, 0.4) is 0 Å². The first-order chi connectivity index (χ1) is 17.3. The number of benzene rings is 2. The zero-order valence-electron chi connectivity index (χ0n) is 19.6. The van der Waals surface area contributed by atoms with Crippen LogP contribution in [0, 0.1) is 6.92 Å². The Labute approximate surface area is 215 Å². The zero-order chi connectivity index (χ0) is 25.4. The van der Waals surface area contributed by atoms with Gasteiger partial charge in [0, 0.05) is 35.0 Å². The van der Waals surface area contributed by atoms with Crippen LogP contribution in [0.2, 0.25) is 0 Å². The summed E-state index contributed by atoms with van der Waals surface area (Å²) in [5.74, 6) is 0.986. The molecule has 186 valence electrons. The first-order valence-corrected chi connectivity index (χ1v) is 13.9. The maximum absolute atomic E-state index is 14.1. The molecule has 0 saturated heterocycles. The predicted octanol–water partition coefficient (Wildman–Crippen LogP) is 4.31. The van der Waals surface area contributed by atoms with Gasteiger partial charge in [-0.05, 0) is 42.1 Å². The molecule has 0 fully saturated rings. The number of pyridine rings is 1. The molecule has 0 aliphatic rings. The van der Waals surface area contributed by atoms with Crippen molar-refractivity contribution in [2.24, 2.45) is 0 Å². The van der Waals surface area contributed by atoms with Crippen LogP contribution in [0.1, 0.15) is 16.0 Å².